The van der Waals surface area contributed by atoms with Gasteiger partial charge in [0.15, 0.2) is 0 Å². The zero-order chi connectivity index (χ0) is 22.2. The van der Waals surface area contributed by atoms with Gasteiger partial charge in [-0.05, 0) is 60.8 Å². The molecule has 0 heterocycles. The molecule has 0 aromatic heterocycles. The number of benzene rings is 1. The number of aryl methyl sites for hydroxylation is 1. The molecule has 2 heteroatoms. The minimum Gasteiger partial charge on any atom is -0.353 e. The minimum atomic E-state index is -0.0810. The summed E-state index contributed by atoms with van der Waals surface area (Å²) in [6, 6.07) is 6.84. The van der Waals surface area contributed by atoms with Crippen LogP contribution in [0.5, 0.6) is 0 Å². The number of rotatable bonds is 17. The Bertz CT molecular complexity index is 617. The van der Waals surface area contributed by atoms with Gasteiger partial charge in [-0.2, -0.15) is 0 Å². The molecule has 0 unspecified atom stereocenters. The number of amides is 1. The van der Waals surface area contributed by atoms with Gasteiger partial charge in [-0.3, -0.25) is 4.79 Å². The Morgan fingerprint density at radius 3 is 2.17 bits per heavy atom. The van der Waals surface area contributed by atoms with Crippen LogP contribution in [0.25, 0.3) is 0 Å². The van der Waals surface area contributed by atoms with E-state index >= 15 is 0 Å². The average molecular weight is 414 g/mol. The zero-order valence-electron chi connectivity index (χ0n) is 20.3. The Morgan fingerprint density at radius 2 is 1.57 bits per heavy atom. The first-order chi connectivity index (χ1) is 14.4. The summed E-state index contributed by atoms with van der Waals surface area (Å²) in [7, 11) is 0. The third-order valence-corrected chi connectivity index (χ3v) is 6.44. The van der Waals surface area contributed by atoms with Crippen molar-refractivity contribution in [1.82, 2.24) is 5.32 Å². The molecule has 30 heavy (non-hydrogen) atoms. The first kappa shape index (κ1) is 26.5. The van der Waals surface area contributed by atoms with Crippen molar-refractivity contribution in [3.05, 3.63) is 47.5 Å². The van der Waals surface area contributed by atoms with Crippen LogP contribution in [0.1, 0.15) is 115 Å². The zero-order valence-corrected chi connectivity index (χ0v) is 20.3. The molecule has 0 bridgehead atoms. The molecule has 0 saturated heterocycles. The Balaban J connectivity index is 2.37. The quantitative estimate of drug-likeness (QED) is 0.205. The van der Waals surface area contributed by atoms with E-state index in [-0.39, 0.29) is 11.3 Å². The third kappa shape index (κ3) is 10.5. The molecule has 1 amide bonds. The van der Waals surface area contributed by atoms with Gasteiger partial charge in [0.2, 0.25) is 5.91 Å². The Hall–Kier alpha value is -1.57. The highest BCUT2D eigenvalue weighted by Gasteiger charge is 2.23. The highest BCUT2D eigenvalue weighted by atomic mass is 16.1. The molecule has 0 fully saturated rings. The van der Waals surface area contributed by atoms with Gasteiger partial charge >= 0.3 is 0 Å². The summed E-state index contributed by atoms with van der Waals surface area (Å²) in [6.45, 7) is 13.5. The van der Waals surface area contributed by atoms with Crippen LogP contribution >= 0.6 is 0 Å². The second-order valence-corrected chi connectivity index (χ2v) is 9.50. The van der Waals surface area contributed by atoms with E-state index in [1.807, 2.05) is 0 Å². The summed E-state index contributed by atoms with van der Waals surface area (Å²) < 4.78 is 0. The fraction of sp³-hybridized carbons (Fsp3) is 0.679. The lowest BCUT2D eigenvalue weighted by atomic mass is 9.77. The van der Waals surface area contributed by atoms with Crippen molar-refractivity contribution in [3.8, 4) is 0 Å². The highest BCUT2D eigenvalue weighted by molar-refractivity contribution is 5.86. The fourth-order valence-corrected chi connectivity index (χ4v) is 4.44. The van der Waals surface area contributed by atoms with Gasteiger partial charge < -0.3 is 5.32 Å². The van der Waals surface area contributed by atoms with Crippen molar-refractivity contribution in [2.24, 2.45) is 0 Å². The maximum atomic E-state index is 11.3. The van der Waals surface area contributed by atoms with Crippen LogP contribution in [0, 0.1) is 6.92 Å². The first-order valence-electron chi connectivity index (χ1n) is 12.4. The van der Waals surface area contributed by atoms with E-state index in [0.717, 1.165) is 12.8 Å². The van der Waals surface area contributed by atoms with Crippen LogP contribution in [0.3, 0.4) is 0 Å². The molecule has 1 N–H and O–H groups in total. The van der Waals surface area contributed by atoms with E-state index in [1.165, 1.54) is 93.4 Å². The Morgan fingerprint density at radius 1 is 0.967 bits per heavy atom. The standard InChI is InChI=1S/C28H47NO/c1-6-8-9-10-11-12-13-14-15-16-19-25-20-17-21-26(24(25)3)28(4,5)22-18-23-29-27(30)7-2/h7,17,20-21H,2,6,8-16,18-19,22-23H2,1,3-5H3,(H,29,30). The van der Waals surface area contributed by atoms with Gasteiger partial charge in [-0.15, -0.1) is 0 Å². The Labute approximate surface area is 186 Å². The predicted octanol–water partition coefficient (Wildman–Crippen LogP) is 7.82. The molecule has 0 atom stereocenters. The molecule has 0 radical (unpaired) electrons. The van der Waals surface area contributed by atoms with Crippen LogP contribution < -0.4 is 5.32 Å². The van der Waals surface area contributed by atoms with Crippen LogP contribution in [0.4, 0.5) is 0 Å². The molecule has 1 aromatic rings. The van der Waals surface area contributed by atoms with Crippen molar-refractivity contribution in [1.29, 1.82) is 0 Å². The van der Waals surface area contributed by atoms with Crippen LogP contribution in [0.15, 0.2) is 30.9 Å². The third-order valence-electron chi connectivity index (χ3n) is 6.44. The number of unbranched alkanes of at least 4 members (excludes halogenated alkanes) is 9. The normalized spacial score (nSPS) is 11.5. The predicted molar refractivity (Wildman–Crippen MR) is 132 cm³/mol. The molecular weight excluding hydrogens is 366 g/mol. The van der Waals surface area contributed by atoms with Crippen molar-refractivity contribution >= 4 is 5.91 Å². The van der Waals surface area contributed by atoms with E-state index in [0.29, 0.717) is 6.54 Å². The summed E-state index contributed by atoms with van der Waals surface area (Å²) >= 11 is 0. The maximum Gasteiger partial charge on any atom is 0.243 e. The van der Waals surface area contributed by atoms with Crippen molar-refractivity contribution in [2.75, 3.05) is 6.54 Å². The van der Waals surface area contributed by atoms with E-state index in [9.17, 15) is 4.79 Å². The summed E-state index contributed by atoms with van der Waals surface area (Å²) in [4.78, 5) is 11.3. The lowest BCUT2D eigenvalue weighted by molar-refractivity contribution is -0.116. The number of hydrogen-bond donors (Lipinski definition) is 1. The van der Waals surface area contributed by atoms with Crippen LogP contribution in [0.2, 0.25) is 0 Å². The molecule has 2 nitrogen and oxygen atoms in total. The summed E-state index contributed by atoms with van der Waals surface area (Å²) in [5.74, 6) is -0.0810. The molecule has 1 aromatic carbocycles. The number of hydrogen-bond acceptors (Lipinski definition) is 1. The molecule has 0 aliphatic heterocycles. The minimum absolute atomic E-state index is 0.0810. The number of carbonyl (C=O) groups is 1. The summed E-state index contributed by atoms with van der Waals surface area (Å²) in [5, 5.41) is 2.89. The average Bonchev–Trinajstić information content (AvgIpc) is 2.73. The van der Waals surface area contributed by atoms with Crippen molar-refractivity contribution in [2.45, 2.75) is 117 Å². The van der Waals surface area contributed by atoms with E-state index in [4.69, 9.17) is 0 Å². The van der Waals surface area contributed by atoms with Gasteiger partial charge in [0.25, 0.3) is 0 Å². The summed E-state index contributed by atoms with van der Waals surface area (Å²) in [6.07, 6.45) is 18.5. The second kappa shape index (κ2) is 15.3. The van der Waals surface area contributed by atoms with Gasteiger partial charge in [-0.25, -0.2) is 0 Å². The SMILES string of the molecule is C=CC(=O)NCCCC(C)(C)c1cccc(CCCCCCCCCCCC)c1C. The van der Waals surface area contributed by atoms with Crippen molar-refractivity contribution in [3.63, 3.8) is 0 Å². The maximum absolute atomic E-state index is 11.3. The molecule has 0 aliphatic carbocycles. The molecule has 0 spiro atoms. The van der Waals surface area contributed by atoms with Gasteiger partial charge in [-0.1, -0.05) is 103 Å². The largest absolute Gasteiger partial charge is 0.353 e. The van der Waals surface area contributed by atoms with E-state index in [1.54, 1.807) is 0 Å². The topological polar surface area (TPSA) is 29.1 Å². The van der Waals surface area contributed by atoms with Gasteiger partial charge in [0.05, 0.1) is 0 Å². The first-order valence-corrected chi connectivity index (χ1v) is 12.4. The lowest BCUT2D eigenvalue weighted by Crippen LogP contribution is -2.25. The summed E-state index contributed by atoms with van der Waals surface area (Å²) in [5.41, 5.74) is 4.56. The smallest absolute Gasteiger partial charge is 0.243 e. The molecule has 170 valence electrons. The molecular formula is C28H47NO. The molecule has 1 rings (SSSR count). The molecule has 0 aliphatic rings. The monoisotopic (exact) mass is 413 g/mol. The number of nitrogens with one attached hydrogen (secondary N) is 1. The highest BCUT2D eigenvalue weighted by Crippen LogP contribution is 2.32. The van der Waals surface area contributed by atoms with E-state index < -0.39 is 0 Å². The Kier molecular flexibility index (Phi) is 13.5. The number of carbonyl (C=O) groups excluding carboxylic acids is 1. The molecule has 0 saturated carbocycles. The fourth-order valence-electron chi connectivity index (χ4n) is 4.44. The van der Waals surface area contributed by atoms with E-state index in [2.05, 4.69) is 57.8 Å². The second-order valence-electron chi connectivity index (χ2n) is 9.50. The lowest BCUT2D eigenvalue weighted by Gasteiger charge is -2.28. The van der Waals surface area contributed by atoms with Crippen molar-refractivity contribution < 1.29 is 4.79 Å². The van der Waals surface area contributed by atoms with Gasteiger partial charge in [0, 0.05) is 6.54 Å². The van der Waals surface area contributed by atoms with Crippen LogP contribution in [-0.4, -0.2) is 12.5 Å². The van der Waals surface area contributed by atoms with Gasteiger partial charge in [0.1, 0.15) is 0 Å². The van der Waals surface area contributed by atoms with Crippen LogP contribution in [-0.2, 0) is 16.6 Å².